The summed E-state index contributed by atoms with van der Waals surface area (Å²) in [4.78, 5) is 12.4. The van der Waals surface area contributed by atoms with Crippen LogP contribution in [0.1, 0.15) is 16.6 Å². The van der Waals surface area contributed by atoms with Crippen LogP contribution in [0.3, 0.4) is 0 Å². The molecule has 0 atom stereocenters. The molecule has 3 rings (SSSR count). The lowest BCUT2D eigenvalue weighted by Gasteiger charge is -2.02. The second-order valence-electron chi connectivity index (χ2n) is 4.50. The van der Waals surface area contributed by atoms with E-state index in [1.165, 1.54) is 11.3 Å². The van der Waals surface area contributed by atoms with Gasteiger partial charge in [0.25, 0.3) is 5.91 Å². The van der Waals surface area contributed by atoms with E-state index in [1.807, 2.05) is 42.6 Å². The fraction of sp³-hybridized carbons (Fsp3) is 0.143. The van der Waals surface area contributed by atoms with Crippen LogP contribution < -0.4 is 5.43 Å². The lowest BCUT2D eigenvalue weighted by atomic mass is 10.3. The van der Waals surface area contributed by atoms with Crippen molar-refractivity contribution in [3.05, 3.63) is 46.7 Å². The van der Waals surface area contributed by atoms with Gasteiger partial charge >= 0.3 is 0 Å². The van der Waals surface area contributed by atoms with Gasteiger partial charge in [-0.1, -0.05) is 23.4 Å². The van der Waals surface area contributed by atoms with E-state index in [9.17, 15) is 4.79 Å². The van der Waals surface area contributed by atoms with Crippen molar-refractivity contribution in [1.82, 2.24) is 20.4 Å². The van der Waals surface area contributed by atoms with Crippen LogP contribution in [-0.2, 0) is 6.54 Å². The number of carbonyl (C=O) groups excluding carboxylic acids is 1. The summed E-state index contributed by atoms with van der Waals surface area (Å²) < 4.78 is 1.76. The molecule has 0 aliphatic rings. The molecule has 1 amide bonds. The Morgan fingerprint density at radius 3 is 3.00 bits per heavy atom. The van der Waals surface area contributed by atoms with Gasteiger partial charge in [-0.25, -0.2) is 10.1 Å². The van der Waals surface area contributed by atoms with Crippen LogP contribution in [0.2, 0.25) is 0 Å². The minimum Gasteiger partial charge on any atom is -0.266 e. The maximum atomic E-state index is 11.8. The average Bonchev–Trinajstić information content (AvgIpc) is 3.15. The Balaban J connectivity index is 1.70. The largest absolute Gasteiger partial charge is 0.281 e. The van der Waals surface area contributed by atoms with Gasteiger partial charge in [0.2, 0.25) is 0 Å². The van der Waals surface area contributed by atoms with Crippen molar-refractivity contribution in [2.24, 2.45) is 5.10 Å². The maximum absolute atomic E-state index is 11.8. The van der Waals surface area contributed by atoms with Crippen LogP contribution in [0.15, 0.2) is 46.9 Å². The fourth-order valence-electron chi connectivity index (χ4n) is 1.90. The Hall–Kier alpha value is -2.54. The predicted molar refractivity (Wildman–Crippen MR) is 82.4 cm³/mol. The van der Waals surface area contributed by atoms with Crippen molar-refractivity contribution in [2.45, 2.75) is 13.5 Å². The first-order chi connectivity index (χ1) is 10.2. The number of amides is 1. The van der Waals surface area contributed by atoms with Gasteiger partial charge in [-0.05, 0) is 30.5 Å². The van der Waals surface area contributed by atoms with E-state index in [2.05, 4.69) is 20.8 Å². The molecule has 2 aromatic heterocycles. The van der Waals surface area contributed by atoms with Crippen LogP contribution in [0, 0.1) is 0 Å². The summed E-state index contributed by atoms with van der Waals surface area (Å²) in [5.74, 6) is -0.201. The smallest absolute Gasteiger partial charge is 0.266 e. The number of rotatable bonds is 4. The molecule has 1 aromatic carbocycles. The second-order valence-corrected chi connectivity index (χ2v) is 5.45. The molecule has 7 heteroatoms. The molecule has 0 saturated carbocycles. The third-order valence-corrected chi connectivity index (χ3v) is 3.76. The van der Waals surface area contributed by atoms with Gasteiger partial charge in [0.15, 0.2) is 0 Å². The molecule has 0 aliphatic carbocycles. The molecule has 2 heterocycles. The minimum absolute atomic E-state index is 0.201. The number of nitrogens with zero attached hydrogens (tertiary/aromatic N) is 4. The van der Waals surface area contributed by atoms with Gasteiger partial charge in [-0.3, -0.25) is 4.79 Å². The van der Waals surface area contributed by atoms with E-state index in [1.54, 1.807) is 10.7 Å². The summed E-state index contributed by atoms with van der Waals surface area (Å²) in [6.45, 7) is 2.32. The van der Waals surface area contributed by atoms with Crippen LogP contribution in [-0.4, -0.2) is 26.6 Å². The lowest BCUT2D eigenvalue weighted by Crippen LogP contribution is -2.19. The number of hydrogen-bond donors (Lipinski definition) is 1. The van der Waals surface area contributed by atoms with Crippen LogP contribution >= 0.6 is 11.3 Å². The van der Waals surface area contributed by atoms with Crippen LogP contribution in [0.4, 0.5) is 0 Å². The van der Waals surface area contributed by atoms with Crippen molar-refractivity contribution in [3.63, 3.8) is 0 Å². The van der Waals surface area contributed by atoms with Crippen molar-refractivity contribution in [3.8, 4) is 0 Å². The molecule has 0 spiro atoms. The number of aromatic nitrogens is 3. The van der Waals surface area contributed by atoms with Gasteiger partial charge in [-0.15, -0.1) is 16.4 Å². The lowest BCUT2D eigenvalue weighted by molar-refractivity contribution is 0.0958. The Morgan fingerprint density at radius 2 is 2.19 bits per heavy atom. The molecule has 0 bridgehead atoms. The van der Waals surface area contributed by atoms with E-state index >= 15 is 0 Å². The molecule has 0 aliphatic heterocycles. The molecule has 106 valence electrons. The summed E-state index contributed by atoms with van der Waals surface area (Å²) in [7, 11) is 0. The van der Waals surface area contributed by atoms with Gasteiger partial charge in [0.05, 0.1) is 22.7 Å². The number of hydrogen-bond acceptors (Lipinski definition) is 5. The molecule has 0 unspecified atom stereocenters. The number of fused-ring (bicyclic) bond motifs is 1. The Kier molecular flexibility index (Phi) is 3.74. The van der Waals surface area contributed by atoms with E-state index < -0.39 is 0 Å². The number of para-hydroxylation sites is 1. The Morgan fingerprint density at radius 1 is 1.33 bits per heavy atom. The summed E-state index contributed by atoms with van der Waals surface area (Å²) >= 11 is 1.38. The molecule has 0 radical (unpaired) electrons. The molecule has 21 heavy (non-hydrogen) atoms. The van der Waals surface area contributed by atoms with E-state index in [-0.39, 0.29) is 5.91 Å². The standard InChI is InChI=1S/C14H13N5OS/c1-10(15-17-14(20)13-7-4-8-21-13)9-19-12-6-3-2-5-11(12)16-18-19/h2-8H,9H2,1H3,(H,17,20)/b15-10+. The first-order valence-corrected chi connectivity index (χ1v) is 7.27. The SMILES string of the molecule is C/C(Cn1nnc2ccccc21)=N\NC(=O)c1cccs1. The van der Waals surface area contributed by atoms with Gasteiger partial charge in [0, 0.05) is 0 Å². The third kappa shape index (κ3) is 2.97. The van der Waals surface area contributed by atoms with E-state index in [4.69, 9.17) is 0 Å². The van der Waals surface area contributed by atoms with Gasteiger partial charge in [-0.2, -0.15) is 5.10 Å². The molecule has 1 N–H and O–H groups in total. The summed E-state index contributed by atoms with van der Waals surface area (Å²) in [6, 6.07) is 11.3. The van der Waals surface area contributed by atoms with E-state index in [0.29, 0.717) is 11.4 Å². The highest BCUT2D eigenvalue weighted by Gasteiger charge is 2.06. The molecule has 6 nitrogen and oxygen atoms in total. The quantitative estimate of drug-likeness (QED) is 0.593. The molecule has 3 aromatic rings. The second kappa shape index (κ2) is 5.84. The zero-order valence-electron chi connectivity index (χ0n) is 11.4. The van der Waals surface area contributed by atoms with Crippen molar-refractivity contribution >= 4 is 34.0 Å². The highest BCUT2D eigenvalue weighted by Crippen LogP contribution is 2.10. The average molecular weight is 299 g/mol. The van der Waals surface area contributed by atoms with Gasteiger partial charge in [0.1, 0.15) is 5.52 Å². The molecule has 0 fully saturated rings. The molecular formula is C14H13N5OS. The van der Waals surface area contributed by atoms with Crippen LogP contribution in [0.25, 0.3) is 11.0 Å². The fourth-order valence-corrected chi connectivity index (χ4v) is 2.51. The number of benzene rings is 1. The van der Waals surface area contributed by atoms with E-state index in [0.717, 1.165) is 16.7 Å². The summed E-state index contributed by atoms with van der Waals surface area (Å²) in [6.07, 6.45) is 0. The number of nitrogens with one attached hydrogen (secondary N) is 1. The minimum atomic E-state index is -0.201. The normalized spacial score (nSPS) is 11.8. The molecule has 0 saturated heterocycles. The first kappa shape index (κ1) is 13.4. The van der Waals surface area contributed by atoms with Crippen LogP contribution in [0.5, 0.6) is 0 Å². The summed E-state index contributed by atoms with van der Waals surface area (Å²) in [5.41, 5.74) is 5.07. The number of thiophene rings is 1. The molecular weight excluding hydrogens is 286 g/mol. The van der Waals surface area contributed by atoms with Crippen molar-refractivity contribution in [2.75, 3.05) is 0 Å². The third-order valence-electron chi connectivity index (χ3n) is 2.89. The van der Waals surface area contributed by atoms with Crippen molar-refractivity contribution in [1.29, 1.82) is 0 Å². The predicted octanol–water partition coefficient (Wildman–Crippen LogP) is 2.30. The maximum Gasteiger partial charge on any atom is 0.281 e. The number of carbonyl (C=O) groups is 1. The Bertz CT molecular complexity index is 791. The zero-order valence-corrected chi connectivity index (χ0v) is 12.2. The topological polar surface area (TPSA) is 72.2 Å². The van der Waals surface area contributed by atoms with Gasteiger partial charge < -0.3 is 0 Å². The monoisotopic (exact) mass is 299 g/mol. The van der Waals surface area contributed by atoms with Crippen molar-refractivity contribution < 1.29 is 4.79 Å². The highest BCUT2D eigenvalue weighted by atomic mass is 32.1. The first-order valence-electron chi connectivity index (χ1n) is 6.39. The zero-order chi connectivity index (χ0) is 14.7. The summed E-state index contributed by atoms with van der Waals surface area (Å²) in [5, 5.41) is 14.1. The number of hydrazone groups is 1. The highest BCUT2D eigenvalue weighted by molar-refractivity contribution is 7.12. The Labute approximate surface area is 125 Å².